The van der Waals surface area contributed by atoms with Crippen LogP contribution < -0.4 is 0 Å². The lowest BCUT2D eigenvalue weighted by Crippen LogP contribution is -2.45. The molecule has 0 aromatic heterocycles. The molecule has 2 atom stereocenters. The fourth-order valence-corrected chi connectivity index (χ4v) is 4.19. The highest BCUT2D eigenvalue weighted by atomic mass is 32.2. The summed E-state index contributed by atoms with van der Waals surface area (Å²) in [6.07, 6.45) is 2.19. The highest BCUT2D eigenvalue weighted by molar-refractivity contribution is 7.89. The number of carbonyl (C=O) groups excluding carboxylic acids is 1. The molecule has 1 fully saturated rings. The largest absolute Gasteiger partial charge is 0.246 e. The van der Waals surface area contributed by atoms with Crippen LogP contribution in [-0.4, -0.2) is 37.4 Å². The minimum absolute atomic E-state index is 0.121. The molecule has 0 aliphatic carbocycles. The predicted molar refractivity (Wildman–Crippen MR) is 70.9 cm³/mol. The number of sulfonamides is 1. The number of hydrogen-bond donors (Lipinski definition) is 0. The third-order valence-electron chi connectivity index (χ3n) is 3.50. The summed E-state index contributed by atoms with van der Waals surface area (Å²) in [5, 5.41) is 0. The maximum atomic E-state index is 13.7. The quantitative estimate of drug-likeness (QED) is 0.631. The zero-order chi connectivity index (χ0) is 15.6. The number of benzene rings is 1. The van der Waals surface area contributed by atoms with Gasteiger partial charge in [0.25, 0.3) is 0 Å². The van der Waals surface area contributed by atoms with Crippen LogP contribution in [0.15, 0.2) is 28.1 Å². The van der Waals surface area contributed by atoms with Gasteiger partial charge in [-0.15, -0.1) is 0 Å². The number of isocyanates is 1. The first-order valence-corrected chi connectivity index (χ1v) is 7.84. The third-order valence-corrected chi connectivity index (χ3v) is 5.55. The van der Waals surface area contributed by atoms with E-state index in [9.17, 15) is 22.0 Å². The first-order valence-electron chi connectivity index (χ1n) is 6.40. The molecule has 1 aliphatic rings. The van der Waals surface area contributed by atoms with Crippen LogP contribution in [0.4, 0.5) is 8.78 Å². The molecule has 21 heavy (non-hydrogen) atoms. The summed E-state index contributed by atoms with van der Waals surface area (Å²) in [6, 6.07) is 1.66. The van der Waals surface area contributed by atoms with Gasteiger partial charge in [-0.25, -0.2) is 27.0 Å². The summed E-state index contributed by atoms with van der Waals surface area (Å²) < 4.78 is 52.7. The van der Waals surface area contributed by atoms with Crippen LogP contribution in [0, 0.1) is 11.6 Å². The Hall–Kier alpha value is -1.63. The van der Waals surface area contributed by atoms with Gasteiger partial charge in [0.2, 0.25) is 16.1 Å². The van der Waals surface area contributed by atoms with Crippen LogP contribution in [0.5, 0.6) is 0 Å². The minimum Gasteiger partial charge on any atom is -0.211 e. The second-order valence-corrected chi connectivity index (χ2v) is 6.80. The smallest absolute Gasteiger partial charge is 0.211 e. The summed E-state index contributed by atoms with van der Waals surface area (Å²) >= 11 is 0. The van der Waals surface area contributed by atoms with E-state index < -0.39 is 32.6 Å². The number of piperidine rings is 1. The Morgan fingerprint density at radius 1 is 1.38 bits per heavy atom. The standard InChI is InChI=1S/C13H14F2N2O3S/c1-9-6-11(16-8-18)4-5-17(9)21(19,20)13-3-2-10(14)7-12(13)15/h2-3,7,9,11H,4-6H2,1H3. The second kappa shape index (κ2) is 6.01. The Kier molecular flexibility index (Phi) is 4.51. The van der Waals surface area contributed by atoms with Crippen LogP contribution in [0.2, 0.25) is 0 Å². The molecule has 1 aromatic carbocycles. The maximum Gasteiger partial charge on any atom is 0.246 e. The lowest BCUT2D eigenvalue weighted by molar-refractivity contribution is 0.247. The van der Waals surface area contributed by atoms with Gasteiger partial charge in [0.05, 0.1) is 6.04 Å². The number of nitrogens with zero attached hydrogens (tertiary/aromatic N) is 2. The summed E-state index contributed by atoms with van der Waals surface area (Å²) in [4.78, 5) is 13.3. The first-order chi connectivity index (χ1) is 9.86. The SMILES string of the molecule is CC1CC(N=C=O)CCN1S(=O)(=O)c1ccc(F)cc1F. The number of halogens is 2. The molecule has 0 N–H and O–H groups in total. The molecule has 0 amide bonds. The van der Waals surface area contributed by atoms with Crippen molar-refractivity contribution < 1.29 is 22.0 Å². The molecule has 8 heteroatoms. The van der Waals surface area contributed by atoms with Crippen molar-refractivity contribution in [1.29, 1.82) is 0 Å². The number of aliphatic imine (C=N–C) groups is 1. The van der Waals surface area contributed by atoms with Gasteiger partial charge >= 0.3 is 0 Å². The molecule has 1 aromatic rings. The van der Waals surface area contributed by atoms with Crippen LogP contribution >= 0.6 is 0 Å². The molecule has 2 unspecified atom stereocenters. The van der Waals surface area contributed by atoms with E-state index in [0.29, 0.717) is 18.9 Å². The topological polar surface area (TPSA) is 66.8 Å². The number of rotatable bonds is 3. The van der Waals surface area contributed by atoms with Crippen molar-refractivity contribution in [2.45, 2.75) is 36.7 Å². The number of hydrogen-bond acceptors (Lipinski definition) is 4. The molecule has 5 nitrogen and oxygen atoms in total. The Morgan fingerprint density at radius 3 is 2.67 bits per heavy atom. The molecule has 0 spiro atoms. The minimum atomic E-state index is -4.05. The highest BCUT2D eigenvalue weighted by Crippen LogP contribution is 2.28. The summed E-state index contributed by atoms with van der Waals surface area (Å²) in [5.74, 6) is -1.95. The van der Waals surface area contributed by atoms with E-state index in [0.717, 1.165) is 16.4 Å². The van der Waals surface area contributed by atoms with E-state index in [1.165, 1.54) is 6.08 Å². The van der Waals surface area contributed by atoms with Gasteiger partial charge in [0.15, 0.2) is 0 Å². The molecule has 0 bridgehead atoms. The van der Waals surface area contributed by atoms with Crippen LogP contribution in [0.3, 0.4) is 0 Å². The average molecular weight is 316 g/mol. The van der Waals surface area contributed by atoms with E-state index >= 15 is 0 Å². The Morgan fingerprint density at radius 2 is 2.10 bits per heavy atom. The summed E-state index contributed by atoms with van der Waals surface area (Å²) in [5.41, 5.74) is 0. The van der Waals surface area contributed by atoms with Gasteiger partial charge in [-0.2, -0.15) is 4.31 Å². The molecule has 114 valence electrons. The Labute approximate surface area is 121 Å². The van der Waals surface area contributed by atoms with Crippen LogP contribution in [0.1, 0.15) is 19.8 Å². The van der Waals surface area contributed by atoms with Crippen molar-refractivity contribution in [1.82, 2.24) is 4.31 Å². The average Bonchev–Trinajstić information content (AvgIpc) is 2.38. The lowest BCUT2D eigenvalue weighted by atomic mass is 10.0. The fourth-order valence-electron chi connectivity index (χ4n) is 2.49. The van der Waals surface area contributed by atoms with E-state index in [1.807, 2.05) is 0 Å². The first kappa shape index (κ1) is 15.8. The van der Waals surface area contributed by atoms with Crippen LogP contribution in [-0.2, 0) is 14.8 Å². The van der Waals surface area contributed by atoms with Crippen LogP contribution in [0.25, 0.3) is 0 Å². The normalized spacial score (nSPS) is 23.6. The van der Waals surface area contributed by atoms with Crippen molar-refractivity contribution in [2.24, 2.45) is 4.99 Å². The summed E-state index contributed by atoms with van der Waals surface area (Å²) in [6.45, 7) is 1.78. The molecule has 2 rings (SSSR count). The van der Waals surface area contributed by atoms with E-state index in [2.05, 4.69) is 4.99 Å². The maximum absolute atomic E-state index is 13.7. The molecule has 1 aliphatic heterocycles. The van der Waals surface area contributed by atoms with Crippen molar-refractivity contribution in [3.63, 3.8) is 0 Å². The third kappa shape index (κ3) is 3.18. The zero-order valence-corrected chi connectivity index (χ0v) is 12.1. The van der Waals surface area contributed by atoms with Crippen molar-refractivity contribution in [3.05, 3.63) is 29.8 Å². The Balaban J connectivity index is 2.30. The van der Waals surface area contributed by atoms with Crippen molar-refractivity contribution in [2.75, 3.05) is 6.54 Å². The van der Waals surface area contributed by atoms with E-state index in [4.69, 9.17) is 0 Å². The summed E-state index contributed by atoms with van der Waals surface area (Å²) in [7, 11) is -4.05. The van der Waals surface area contributed by atoms with Gasteiger partial charge in [0.1, 0.15) is 16.5 Å². The van der Waals surface area contributed by atoms with Gasteiger partial charge < -0.3 is 0 Å². The van der Waals surface area contributed by atoms with Gasteiger partial charge in [-0.3, -0.25) is 0 Å². The van der Waals surface area contributed by atoms with Gasteiger partial charge in [0, 0.05) is 18.7 Å². The predicted octanol–water partition coefficient (Wildman–Crippen LogP) is 1.84. The monoisotopic (exact) mass is 316 g/mol. The van der Waals surface area contributed by atoms with E-state index in [-0.39, 0.29) is 12.6 Å². The molecular formula is C13H14F2N2O3S. The fraction of sp³-hybridized carbons (Fsp3) is 0.462. The van der Waals surface area contributed by atoms with Crippen molar-refractivity contribution >= 4 is 16.1 Å². The molecule has 1 saturated heterocycles. The van der Waals surface area contributed by atoms with E-state index in [1.54, 1.807) is 6.92 Å². The van der Waals surface area contributed by atoms with Crippen molar-refractivity contribution in [3.8, 4) is 0 Å². The Bertz CT molecular complexity index is 687. The van der Waals surface area contributed by atoms with Gasteiger partial charge in [-0.05, 0) is 31.9 Å². The second-order valence-electron chi connectivity index (χ2n) is 4.94. The molecule has 1 heterocycles. The molecule has 0 saturated carbocycles. The molecular weight excluding hydrogens is 302 g/mol. The highest BCUT2D eigenvalue weighted by Gasteiger charge is 2.35. The zero-order valence-electron chi connectivity index (χ0n) is 11.3. The lowest BCUT2D eigenvalue weighted by Gasteiger charge is -2.34. The van der Waals surface area contributed by atoms with Gasteiger partial charge in [-0.1, -0.05) is 0 Å². The molecule has 0 radical (unpaired) electrons.